The highest BCUT2D eigenvalue weighted by Gasteiger charge is 2.25. The number of carbonyl (C=O) groups excluding carboxylic acids is 1. The molecule has 1 amide bonds. The van der Waals surface area contributed by atoms with Crippen LogP contribution in [0.15, 0.2) is 0 Å². The molecule has 0 radical (unpaired) electrons. The molecule has 1 aliphatic carbocycles. The number of thiazole rings is 1. The van der Waals surface area contributed by atoms with Gasteiger partial charge in [-0.2, -0.15) is 0 Å². The van der Waals surface area contributed by atoms with E-state index in [-0.39, 0.29) is 11.9 Å². The lowest BCUT2D eigenvalue weighted by Crippen LogP contribution is -2.31. The van der Waals surface area contributed by atoms with Gasteiger partial charge in [0.15, 0.2) is 0 Å². The topological polar surface area (TPSA) is 68.0 Å². The van der Waals surface area contributed by atoms with Gasteiger partial charge in [0.1, 0.15) is 5.01 Å². The Morgan fingerprint density at radius 3 is 2.83 bits per heavy atom. The minimum Gasteiger partial charge on any atom is -0.350 e. The van der Waals surface area contributed by atoms with E-state index in [0.717, 1.165) is 30.0 Å². The first-order valence-corrected chi connectivity index (χ1v) is 7.33. The van der Waals surface area contributed by atoms with E-state index in [4.69, 9.17) is 5.73 Å². The monoisotopic (exact) mass is 267 g/mol. The predicted octanol–water partition coefficient (Wildman–Crippen LogP) is 1.89. The average Bonchev–Trinajstić information content (AvgIpc) is 2.85. The lowest BCUT2D eigenvalue weighted by Gasteiger charge is -2.14. The maximum Gasteiger partial charge on any atom is 0.220 e. The third-order valence-corrected chi connectivity index (χ3v) is 4.75. The van der Waals surface area contributed by atoms with Crippen LogP contribution in [0, 0.1) is 19.8 Å². The second-order valence-corrected chi connectivity index (χ2v) is 6.37. The van der Waals surface area contributed by atoms with Crippen molar-refractivity contribution in [2.24, 2.45) is 11.7 Å². The highest BCUT2D eigenvalue weighted by atomic mass is 32.1. The zero-order chi connectivity index (χ0) is 13.1. The Morgan fingerprint density at radius 2 is 2.28 bits per heavy atom. The fourth-order valence-corrected chi connectivity index (χ4v) is 3.29. The van der Waals surface area contributed by atoms with Crippen LogP contribution in [0.2, 0.25) is 0 Å². The van der Waals surface area contributed by atoms with Gasteiger partial charge in [-0.05, 0) is 32.6 Å². The van der Waals surface area contributed by atoms with Crippen molar-refractivity contribution in [2.75, 3.05) is 0 Å². The molecular formula is C13H21N3OS. The molecule has 0 unspecified atom stereocenters. The van der Waals surface area contributed by atoms with Crippen molar-refractivity contribution in [3.63, 3.8) is 0 Å². The van der Waals surface area contributed by atoms with E-state index in [0.29, 0.717) is 18.9 Å². The van der Waals surface area contributed by atoms with Crippen LogP contribution in [0.25, 0.3) is 0 Å². The molecule has 1 aliphatic rings. The van der Waals surface area contributed by atoms with Gasteiger partial charge in [-0.15, -0.1) is 11.3 Å². The van der Waals surface area contributed by atoms with Crippen LogP contribution < -0.4 is 11.1 Å². The number of carbonyl (C=O) groups is 1. The third-order valence-electron chi connectivity index (χ3n) is 3.68. The first kappa shape index (κ1) is 13.5. The summed E-state index contributed by atoms with van der Waals surface area (Å²) in [6.07, 6.45) is 3.86. The molecule has 1 aromatic rings. The number of rotatable bonds is 4. The molecule has 18 heavy (non-hydrogen) atoms. The van der Waals surface area contributed by atoms with Crippen LogP contribution in [-0.4, -0.2) is 16.9 Å². The lowest BCUT2D eigenvalue weighted by atomic mass is 10.00. The van der Waals surface area contributed by atoms with Crippen molar-refractivity contribution in [1.82, 2.24) is 10.3 Å². The molecule has 2 rings (SSSR count). The van der Waals surface area contributed by atoms with Gasteiger partial charge in [0.05, 0.1) is 12.2 Å². The van der Waals surface area contributed by atoms with Gasteiger partial charge in [0.25, 0.3) is 0 Å². The van der Waals surface area contributed by atoms with Crippen molar-refractivity contribution in [3.8, 4) is 0 Å². The Balaban J connectivity index is 1.78. The molecule has 0 saturated heterocycles. The molecule has 1 saturated carbocycles. The van der Waals surface area contributed by atoms with Crippen LogP contribution in [0.1, 0.15) is 41.3 Å². The molecule has 0 spiro atoms. The van der Waals surface area contributed by atoms with Gasteiger partial charge >= 0.3 is 0 Å². The van der Waals surface area contributed by atoms with Crippen LogP contribution in [0.4, 0.5) is 0 Å². The highest BCUT2D eigenvalue weighted by molar-refractivity contribution is 7.11. The summed E-state index contributed by atoms with van der Waals surface area (Å²) in [5.74, 6) is 0.465. The Labute approximate surface area is 112 Å². The van der Waals surface area contributed by atoms with E-state index in [2.05, 4.69) is 17.2 Å². The summed E-state index contributed by atoms with van der Waals surface area (Å²) < 4.78 is 0. The van der Waals surface area contributed by atoms with Crippen molar-refractivity contribution in [2.45, 2.75) is 52.1 Å². The summed E-state index contributed by atoms with van der Waals surface area (Å²) in [4.78, 5) is 17.4. The fourth-order valence-electron chi connectivity index (χ4n) is 2.42. The Morgan fingerprint density at radius 1 is 1.50 bits per heavy atom. The normalized spacial score (nSPS) is 23.3. The summed E-state index contributed by atoms with van der Waals surface area (Å²) in [6, 6.07) is 0.208. The van der Waals surface area contributed by atoms with E-state index in [1.165, 1.54) is 4.88 Å². The number of aryl methyl sites for hydroxylation is 2. The number of hydrogen-bond acceptors (Lipinski definition) is 4. The molecule has 1 fully saturated rings. The Kier molecular flexibility index (Phi) is 4.35. The molecule has 0 bridgehead atoms. The minimum atomic E-state index is 0.0999. The van der Waals surface area contributed by atoms with Crippen molar-refractivity contribution in [3.05, 3.63) is 15.6 Å². The number of hydrogen-bond donors (Lipinski definition) is 2. The Bertz CT molecular complexity index is 410. The number of nitrogens with zero attached hydrogens (tertiary/aromatic N) is 1. The van der Waals surface area contributed by atoms with Crippen LogP contribution in [0.3, 0.4) is 0 Å². The number of amides is 1. The predicted molar refractivity (Wildman–Crippen MR) is 73.4 cm³/mol. The summed E-state index contributed by atoms with van der Waals surface area (Å²) >= 11 is 1.65. The van der Waals surface area contributed by atoms with Crippen LogP contribution in [0.5, 0.6) is 0 Å². The maximum absolute atomic E-state index is 11.8. The largest absolute Gasteiger partial charge is 0.350 e. The number of nitrogens with two attached hydrogens (primary N) is 1. The van der Waals surface area contributed by atoms with E-state index in [9.17, 15) is 4.79 Å². The SMILES string of the molecule is Cc1nc(CNC(=O)C[C@@H]2CCC[C@H]2N)sc1C. The van der Waals surface area contributed by atoms with Crippen molar-refractivity contribution < 1.29 is 4.79 Å². The van der Waals surface area contributed by atoms with Crippen molar-refractivity contribution >= 4 is 17.2 Å². The van der Waals surface area contributed by atoms with Gasteiger partial charge < -0.3 is 11.1 Å². The zero-order valence-electron chi connectivity index (χ0n) is 11.0. The quantitative estimate of drug-likeness (QED) is 0.875. The first-order valence-electron chi connectivity index (χ1n) is 6.51. The molecule has 1 aromatic heterocycles. The molecule has 1 heterocycles. The summed E-state index contributed by atoms with van der Waals surface area (Å²) in [7, 11) is 0. The van der Waals surface area contributed by atoms with E-state index in [1.54, 1.807) is 11.3 Å². The highest BCUT2D eigenvalue weighted by Crippen LogP contribution is 2.26. The molecular weight excluding hydrogens is 246 g/mol. The van der Waals surface area contributed by atoms with Gasteiger partial charge in [-0.3, -0.25) is 4.79 Å². The number of aromatic nitrogens is 1. The van der Waals surface area contributed by atoms with E-state index in [1.807, 2.05) is 6.92 Å². The summed E-state index contributed by atoms with van der Waals surface area (Å²) in [5.41, 5.74) is 7.02. The minimum absolute atomic E-state index is 0.0999. The van der Waals surface area contributed by atoms with Gasteiger partial charge in [-0.25, -0.2) is 4.98 Å². The molecule has 0 aliphatic heterocycles. The van der Waals surface area contributed by atoms with Gasteiger partial charge in [0.2, 0.25) is 5.91 Å². The van der Waals surface area contributed by atoms with E-state index >= 15 is 0 Å². The van der Waals surface area contributed by atoms with Gasteiger partial charge in [0, 0.05) is 17.3 Å². The van der Waals surface area contributed by atoms with Crippen LogP contribution in [-0.2, 0) is 11.3 Å². The second-order valence-electron chi connectivity index (χ2n) is 5.08. The standard InChI is InChI=1S/C13H21N3OS/c1-8-9(2)18-13(16-8)7-15-12(17)6-10-4-3-5-11(10)14/h10-11H,3-7,14H2,1-2H3,(H,15,17)/t10-,11+/m0/s1. The molecule has 5 heteroatoms. The number of nitrogens with one attached hydrogen (secondary N) is 1. The van der Waals surface area contributed by atoms with Crippen LogP contribution >= 0.6 is 11.3 Å². The molecule has 3 N–H and O–H groups in total. The molecule has 0 aromatic carbocycles. The first-order chi connectivity index (χ1) is 8.56. The third kappa shape index (κ3) is 3.29. The maximum atomic E-state index is 11.8. The molecule has 100 valence electrons. The fraction of sp³-hybridized carbons (Fsp3) is 0.692. The van der Waals surface area contributed by atoms with E-state index < -0.39 is 0 Å². The summed E-state index contributed by atoms with van der Waals surface area (Å²) in [6.45, 7) is 4.59. The zero-order valence-corrected chi connectivity index (χ0v) is 11.8. The van der Waals surface area contributed by atoms with Crippen molar-refractivity contribution in [1.29, 1.82) is 0 Å². The smallest absolute Gasteiger partial charge is 0.220 e. The lowest BCUT2D eigenvalue weighted by molar-refractivity contribution is -0.122. The average molecular weight is 267 g/mol. The molecule has 2 atom stereocenters. The second kappa shape index (κ2) is 5.80. The molecule has 4 nitrogen and oxygen atoms in total. The summed E-state index contributed by atoms with van der Waals surface area (Å²) in [5, 5.41) is 3.92. The Hall–Kier alpha value is -0.940. The van der Waals surface area contributed by atoms with Gasteiger partial charge in [-0.1, -0.05) is 6.42 Å².